The second kappa shape index (κ2) is 6.39. The van der Waals surface area contributed by atoms with E-state index in [1.54, 1.807) is 0 Å². The number of rotatable bonds is 6. The molecular formula is C16H27ClN4. The molecule has 0 aliphatic rings. The molecule has 0 aliphatic carbocycles. The number of imidazole rings is 1. The predicted molar refractivity (Wildman–Crippen MR) is 89.0 cm³/mol. The monoisotopic (exact) mass is 310 g/mol. The van der Waals surface area contributed by atoms with Gasteiger partial charge in [0.15, 0.2) is 5.65 Å². The van der Waals surface area contributed by atoms with Crippen molar-refractivity contribution < 1.29 is 0 Å². The molecule has 2 rings (SSSR count). The van der Waals surface area contributed by atoms with Gasteiger partial charge in [0.1, 0.15) is 11.3 Å². The third-order valence-electron chi connectivity index (χ3n) is 4.03. The van der Waals surface area contributed by atoms with Crippen LogP contribution < -0.4 is 0 Å². The number of hydrogen-bond donors (Lipinski definition) is 0. The second-order valence-electron chi connectivity index (χ2n) is 6.35. The van der Waals surface area contributed by atoms with Crippen LogP contribution in [0.4, 0.5) is 0 Å². The second-order valence-corrected chi connectivity index (χ2v) is 7.00. The molecule has 2 aromatic rings. The van der Waals surface area contributed by atoms with E-state index in [0.29, 0.717) is 12.0 Å². The van der Waals surface area contributed by atoms with E-state index in [2.05, 4.69) is 37.4 Å². The lowest BCUT2D eigenvalue weighted by Gasteiger charge is -2.20. The van der Waals surface area contributed by atoms with E-state index in [0.717, 1.165) is 35.6 Å². The summed E-state index contributed by atoms with van der Waals surface area (Å²) in [6, 6.07) is 0.384. The highest BCUT2D eigenvalue weighted by atomic mass is 35.5. The van der Waals surface area contributed by atoms with Gasteiger partial charge in [0.05, 0.1) is 11.1 Å². The highest BCUT2D eigenvalue weighted by molar-refractivity contribution is 6.20. The smallest absolute Gasteiger partial charge is 0.159 e. The van der Waals surface area contributed by atoms with Crippen molar-refractivity contribution in [3.8, 4) is 0 Å². The topological polar surface area (TPSA) is 35.6 Å². The van der Waals surface area contributed by atoms with E-state index in [9.17, 15) is 0 Å². The lowest BCUT2D eigenvalue weighted by Crippen LogP contribution is -2.14. The minimum absolute atomic E-state index is 0.0939. The van der Waals surface area contributed by atoms with Crippen LogP contribution in [0.15, 0.2) is 0 Å². The molecule has 118 valence electrons. The van der Waals surface area contributed by atoms with Crippen LogP contribution in [-0.4, -0.2) is 19.3 Å². The van der Waals surface area contributed by atoms with Gasteiger partial charge < -0.3 is 4.57 Å². The van der Waals surface area contributed by atoms with Crippen LogP contribution in [0.1, 0.15) is 70.4 Å². The number of alkyl halides is 1. The molecule has 0 bridgehead atoms. The standard InChI is InChI=1S/C16H27ClN4/c1-7-20-16-14(13(6)19-20)18-15(12(5)17)21(16)11(4)9-8-10(2)3/h10-12H,7-9H2,1-6H3. The number of aryl methyl sites for hydroxylation is 2. The van der Waals surface area contributed by atoms with Crippen LogP contribution in [-0.2, 0) is 6.54 Å². The van der Waals surface area contributed by atoms with E-state index >= 15 is 0 Å². The van der Waals surface area contributed by atoms with Crippen molar-refractivity contribution in [3.05, 3.63) is 11.5 Å². The maximum absolute atomic E-state index is 6.38. The van der Waals surface area contributed by atoms with E-state index in [1.807, 2.05) is 18.5 Å². The highest BCUT2D eigenvalue weighted by Gasteiger charge is 2.23. The zero-order chi connectivity index (χ0) is 15.7. The molecule has 0 aliphatic heterocycles. The van der Waals surface area contributed by atoms with Gasteiger partial charge in [-0.15, -0.1) is 11.6 Å². The Morgan fingerprint density at radius 3 is 2.33 bits per heavy atom. The van der Waals surface area contributed by atoms with E-state index < -0.39 is 0 Å². The molecule has 4 nitrogen and oxygen atoms in total. The molecule has 0 saturated carbocycles. The molecule has 0 fully saturated rings. The zero-order valence-electron chi connectivity index (χ0n) is 14.0. The predicted octanol–water partition coefficient (Wildman–Crippen LogP) is 4.86. The Bertz CT molecular complexity index is 609. The molecule has 0 radical (unpaired) electrons. The molecule has 0 amide bonds. The fourth-order valence-corrected chi connectivity index (χ4v) is 3.00. The average Bonchev–Trinajstić information content (AvgIpc) is 2.94. The van der Waals surface area contributed by atoms with Crippen molar-refractivity contribution >= 4 is 22.8 Å². The van der Waals surface area contributed by atoms with E-state index in [-0.39, 0.29) is 5.38 Å². The third kappa shape index (κ3) is 3.10. The van der Waals surface area contributed by atoms with Gasteiger partial charge >= 0.3 is 0 Å². The first-order valence-electron chi connectivity index (χ1n) is 7.96. The average molecular weight is 311 g/mol. The molecular weight excluding hydrogens is 284 g/mol. The molecule has 2 unspecified atom stereocenters. The van der Waals surface area contributed by atoms with Gasteiger partial charge in [0.25, 0.3) is 0 Å². The lowest BCUT2D eigenvalue weighted by atomic mass is 10.0. The Morgan fingerprint density at radius 1 is 1.14 bits per heavy atom. The molecule has 0 saturated heterocycles. The first kappa shape index (κ1) is 16.3. The lowest BCUT2D eigenvalue weighted by molar-refractivity contribution is 0.430. The van der Waals surface area contributed by atoms with Gasteiger partial charge in [0, 0.05) is 12.6 Å². The first-order chi connectivity index (χ1) is 9.86. The van der Waals surface area contributed by atoms with Crippen molar-refractivity contribution in [3.63, 3.8) is 0 Å². The summed E-state index contributed by atoms with van der Waals surface area (Å²) in [5.41, 5.74) is 3.10. The SMILES string of the molecule is CCn1nc(C)c2nc(C(C)Cl)n(C(C)CCC(C)C)c21. The van der Waals surface area contributed by atoms with Gasteiger partial charge in [-0.05, 0) is 46.5 Å². The summed E-state index contributed by atoms with van der Waals surface area (Å²) in [6.45, 7) is 13.8. The van der Waals surface area contributed by atoms with E-state index in [4.69, 9.17) is 16.6 Å². The Morgan fingerprint density at radius 2 is 1.81 bits per heavy atom. The van der Waals surface area contributed by atoms with Crippen LogP contribution in [0, 0.1) is 12.8 Å². The summed E-state index contributed by atoms with van der Waals surface area (Å²) in [5.74, 6) is 1.67. The van der Waals surface area contributed by atoms with Crippen LogP contribution in [0.25, 0.3) is 11.2 Å². The van der Waals surface area contributed by atoms with Crippen molar-refractivity contribution in [2.75, 3.05) is 0 Å². The van der Waals surface area contributed by atoms with Gasteiger partial charge in [-0.25, -0.2) is 9.67 Å². The summed E-state index contributed by atoms with van der Waals surface area (Å²) in [7, 11) is 0. The largest absolute Gasteiger partial charge is 0.309 e. The zero-order valence-corrected chi connectivity index (χ0v) is 14.8. The minimum atomic E-state index is -0.0939. The number of nitrogens with zero attached hydrogens (tertiary/aromatic N) is 4. The molecule has 21 heavy (non-hydrogen) atoms. The van der Waals surface area contributed by atoms with Gasteiger partial charge in [-0.3, -0.25) is 0 Å². The van der Waals surface area contributed by atoms with Gasteiger partial charge in [0.2, 0.25) is 0 Å². The number of aromatic nitrogens is 4. The summed E-state index contributed by atoms with van der Waals surface area (Å²) in [4.78, 5) is 4.78. The Balaban J connectivity index is 2.54. The highest BCUT2D eigenvalue weighted by Crippen LogP contribution is 2.31. The number of fused-ring (bicyclic) bond motifs is 1. The Kier molecular flexibility index (Phi) is 4.97. The normalized spacial score (nSPS) is 15.0. The Hall–Kier alpha value is -1.03. The molecule has 2 heterocycles. The maximum atomic E-state index is 6.38. The maximum Gasteiger partial charge on any atom is 0.159 e. The number of hydrogen-bond acceptors (Lipinski definition) is 2. The molecule has 0 spiro atoms. The van der Waals surface area contributed by atoms with Crippen LogP contribution in [0.2, 0.25) is 0 Å². The van der Waals surface area contributed by atoms with Crippen molar-refractivity contribution in [1.29, 1.82) is 0 Å². The van der Waals surface area contributed by atoms with Crippen molar-refractivity contribution in [1.82, 2.24) is 19.3 Å². The van der Waals surface area contributed by atoms with Crippen molar-refractivity contribution in [2.45, 2.75) is 72.3 Å². The quantitative estimate of drug-likeness (QED) is 0.714. The minimum Gasteiger partial charge on any atom is -0.309 e. The fraction of sp³-hybridized carbons (Fsp3) is 0.750. The van der Waals surface area contributed by atoms with Crippen LogP contribution in [0.5, 0.6) is 0 Å². The van der Waals surface area contributed by atoms with Crippen LogP contribution in [0.3, 0.4) is 0 Å². The van der Waals surface area contributed by atoms with Crippen LogP contribution >= 0.6 is 11.6 Å². The van der Waals surface area contributed by atoms with Crippen molar-refractivity contribution in [2.24, 2.45) is 5.92 Å². The third-order valence-corrected chi connectivity index (χ3v) is 4.22. The summed E-state index contributed by atoms with van der Waals surface area (Å²) in [5, 5.41) is 4.50. The Labute approximate surface area is 132 Å². The van der Waals surface area contributed by atoms with Gasteiger partial charge in [-0.2, -0.15) is 5.10 Å². The van der Waals surface area contributed by atoms with Gasteiger partial charge in [-0.1, -0.05) is 13.8 Å². The molecule has 0 N–H and O–H groups in total. The summed E-state index contributed by atoms with van der Waals surface area (Å²) in [6.07, 6.45) is 2.34. The first-order valence-corrected chi connectivity index (χ1v) is 8.39. The molecule has 0 aromatic carbocycles. The fourth-order valence-electron chi connectivity index (χ4n) is 2.85. The number of halogens is 1. The summed E-state index contributed by atoms with van der Waals surface area (Å²) >= 11 is 6.38. The molecule has 5 heteroatoms. The molecule has 2 atom stereocenters. The summed E-state index contributed by atoms with van der Waals surface area (Å²) < 4.78 is 4.35. The van der Waals surface area contributed by atoms with E-state index in [1.165, 1.54) is 6.42 Å². The molecule has 2 aromatic heterocycles.